The third-order valence-electron chi connectivity index (χ3n) is 2.61. The highest BCUT2D eigenvalue weighted by atomic mass is 32.2. The van der Waals surface area contributed by atoms with E-state index in [-0.39, 0.29) is 11.5 Å². The molecular formula is C15H20N4O2S. The van der Waals surface area contributed by atoms with Crippen LogP contribution in [0.2, 0.25) is 0 Å². The molecule has 0 aromatic carbocycles. The van der Waals surface area contributed by atoms with E-state index < -0.39 is 0 Å². The molecule has 6 nitrogen and oxygen atoms in total. The predicted octanol–water partition coefficient (Wildman–Crippen LogP) is 1.99. The molecule has 0 aliphatic rings. The number of unbranched alkanes of at least 4 members (excludes halogenated alkanes) is 1. The Kier molecular flexibility index (Phi) is 9.46. The Bertz CT molecular complexity index is 514. The van der Waals surface area contributed by atoms with E-state index in [2.05, 4.69) is 21.2 Å². The van der Waals surface area contributed by atoms with E-state index in [4.69, 9.17) is 6.42 Å². The molecule has 0 saturated carbocycles. The summed E-state index contributed by atoms with van der Waals surface area (Å²) in [7, 11) is 0. The van der Waals surface area contributed by atoms with Gasteiger partial charge < -0.3 is 5.32 Å². The fourth-order valence-electron chi connectivity index (χ4n) is 1.61. The van der Waals surface area contributed by atoms with Gasteiger partial charge in [0.2, 0.25) is 0 Å². The molecule has 0 bridgehead atoms. The molecule has 118 valence electrons. The van der Waals surface area contributed by atoms with Gasteiger partial charge in [0.25, 0.3) is 6.54 Å². The molecule has 1 aromatic rings. The van der Waals surface area contributed by atoms with Crippen molar-refractivity contribution in [2.24, 2.45) is 4.99 Å². The summed E-state index contributed by atoms with van der Waals surface area (Å²) in [4.78, 5) is 18.7. The number of hydrogen-bond donors (Lipinski definition) is 1. The molecule has 0 radical (unpaired) electrons. The maximum atomic E-state index is 10.6. The lowest BCUT2D eigenvalue weighted by atomic mass is 10.3. The van der Waals surface area contributed by atoms with E-state index in [1.54, 1.807) is 18.0 Å². The van der Waals surface area contributed by atoms with Crippen LogP contribution in [0, 0.1) is 22.5 Å². The van der Waals surface area contributed by atoms with Gasteiger partial charge in [-0.25, -0.2) is 0 Å². The molecule has 1 aromatic heterocycles. The van der Waals surface area contributed by atoms with Gasteiger partial charge in [0.15, 0.2) is 5.84 Å². The lowest BCUT2D eigenvalue weighted by Gasteiger charge is -2.06. The average molecular weight is 320 g/mol. The quantitative estimate of drug-likeness (QED) is 0.178. The van der Waals surface area contributed by atoms with Crippen LogP contribution in [0.1, 0.15) is 18.5 Å². The van der Waals surface area contributed by atoms with Crippen LogP contribution >= 0.6 is 11.8 Å². The van der Waals surface area contributed by atoms with Crippen LogP contribution in [0.15, 0.2) is 29.4 Å². The highest BCUT2D eigenvalue weighted by molar-refractivity contribution is 7.98. The molecule has 7 heteroatoms. The topological polar surface area (TPSA) is 80.4 Å². The third-order valence-corrected chi connectivity index (χ3v) is 3.60. The number of nitro groups is 1. The molecule has 0 unspecified atom stereocenters. The Morgan fingerprint density at radius 1 is 1.55 bits per heavy atom. The Morgan fingerprint density at radius 3 is 3.09 bits per heavy atom. The van der Waals surface area contributed by atoms with Gasteiger partial charge in [-0.05, 0) is 18.6 Å². The number of thioether (sulfide) groups is 1. The number of terminal acetylenes is 1. The number of amidine groups is 1. The second-order valence-corrected chi connectivity index (χ2v) is 5.53. The minimum atomic E-state index is -0.381. The first kappa shape index (κ1) is 18.0. The minimum absolute atomic E-state index is 0.277. The van der Waals surface area contributed by atoms with Gasteiger partial charge in [-0.2, -0.15) is 11.8 Å². The van der Waals surface area contributed by atoms with Crippen molar-refractivity contribution in [2.45, 2.75) is 18.6 Å². The number of nitrogens with one attached hydrogen (secondary N) is 1. The van der Waals surface area contributed by atoms with Crippen LogP contribution in [0.25, 0.3) is 0 Å². The maximum Gasteiger partial charge on any atom is 0.259 e. The molecule has 0 amide bonds. The number of pyridine rings is 1. The fourth-order valence-corrected chi connectivity index (χ4v) is 2.38. The first-order valence-electron chi connectivity index (χ1n) is 7.02. The van der Waals surface area contributed by atoms with Gasteiger partial charge in [-0.15, -0.1) is 12.3 Å². The zero-order valence-electron chi connectivity index (χ0n) is 12.4. The van der Waals surface area contributed by atoms with E-state index in [1.807, 2.05) is 18.2 Å². The van der Waals surface area contributed by atoms with Crippen molar-refractivity contribution in [1.29, 1.82) is 0 Å². The van der Waals surface area contributed by atoms with Gasteiger partial charge in [0.1, 0.15) is 0 Å². The Morgan fingerprint density at radius 2 is 2.41 bits per heavy atom. The van der Waals surface area contributed by atoms with Gasteiger partial charge in [-0.3, -0.25) is 20.1 Å². The number of nitrogens with zero attached hydrogens (tertiary/aromatic N) is 3. The SMILES string of the molecule is C#CCCCN=C(C[N+](=O)[O-])NCCSCc1ccccn1. The number of aliphatic imine (C=N–C) groups is 1. The monoisotopic (exact) mass is 320 g/mol. The van der Waals surface area contributed by atoms with Crippen LogP contribution in [-0.4, -0.2) is 41.1 Å². The maximum absolute atomic E-state index is 10.6. The standard InChI is InChI=1S/C15H20N4O2S/c1-2-3-5-9-17-15(12-19(20)21)18-10-11-22-13-14-7-4-6-8-16-14/h1,4,6-8H,3,5,9-13H2,(H,17,18). The summed E-state index contributed by atoms with van der Waals surface area (Å²) in [5.74, 6) is 4.60. The Hall–Kier alpha value is -2.07. The summed E-state index contributed by atoms with van der Waals surface area (Å²) in [6, 6.07) is 5.82. The summed E-state index contributed by atoms with van der Waals surface area (Å²) < 4.78 is 0. The molecule has 0 aliphatic carbocycles. The lowest BCUT2D eigenvalue weighted by molar-refractivity contribution is -0.463. The van der Waals surface area contributed by atoms with Crippen LogP contribution in [0.4, 0.5) is 0 Å². The molecule has 1 N–H and O–H groups in total. The summed E-state index contributed by atoms with van der Waals surface area (Å²) in [6.07, 6.45) is 8.31. The molecule has 0 spiro atoms. The predicted molar refractivity (Wildman–Crippen MR) is 90.6 cm³/mol. The van der Waals surface area contributed by atoms with Gasteiger partial charge in [0.05, 0.1) is 5.69 Å². The van der Waals surface area contributed by atoms with E-state index in [0.717, 1.165) is 23.6 Å². The smallest absolute Gasteiger partial charge is 0.259 e. The average Bonchev–Trinajstić information content (AvgIpc) is 2.51. The summed E-state index contributed by atoms with van der Waals surface area (Å²) in [5.41, 5.74) is 1.03. The Balaban J connectivity index is 2.24. The van der Waals surface area contributed by atoms with Crippen LogP contribution < -0.4 is 5.32 Å². The molecule has 0 aliphatic heterocycles. The molecule has 0 atom stereocenters. The van der Waals surface area contributed by atoms with Crippen molar-refractivity contribution in [1.82, 2.24) is 10.3 Å². The molecule has 0 fully saturated rings. The first-order valence-corrected chi connectivity index (χ1v) is 8.18. The minimum Gasteiger partial charge on any atom is -0.368 e. The van der Waals surface area contributed by atoms with Crippen molar-refractivity contribution in [3.63, 3.8) is 0 Å². The third kappa shape index (κ3) is 8.97. The highest BCUT2D eigenvalue weighted by Gasteiger charge is 2.06. The van der Waals surface area contributed by atoms with Crippen molar-refractivity contribution in [3.8, 4) is 12.3 Å². The van der Waals surface area contributed by atoms with Gasteiger partial charge >= 0.3 is 0 Å². The summed E-state index contributed by atoms with van der Waals surface area (Å²) >= 11 is 1.72. The highest BCUT2D eigenvalue weighted by Crippen LogP contribution is 2.08. The van der Waals surface area contributed by atoms with Crippen LogP contribution in [0.5, 0.6) is 0 Å². The Labute approximate surface area is 135 Å². The summed E-state index contributed by atoms with van der Waals surface area (Å²) in [5, 5.41) is 13.6. The molecule has 22 heavy (non-hydrogen) atoms. The summed E-state index contributed by atoms with van der Waals surface area (Å²) in [6.45, 7) is 0.877. The lowest BCUT2D eigenvalue weighted by Crippen LogP contribution is -2.32. The molecular weight excluding hydrogens is 300 g/mol. The second-order valence-electron chi connectivity index (χ2n) is 4.43. The largest absolute Gasteiger partial charge is 0.368 e. The van der Waals surface area contributed by atoms with E-state index >= 15 is 0 Å². The first-order chi connectivity index (χ1) is 10.7. The van der Waals surface area contributed by atoms with Crippen LogP contribution in [0.3, 0.4) is 0 Å². The number of hydrogen-bond acceptors (Lipinski definition) is 5. The van der Waals surface area contributed by atoms with Crippen LogP contribution in [-0.2, 0) is 5.75 Å². The van der Waals surface area contributed by atoms with Gasteiger partial charge in [-0.1, -0.05) is 6.07 Å². The van der Waals surface area contributed by atoms with Crippen molar-refractivity contribution >= 4 is 17.6 Å². The molecule has 0 saturated heterocycles. The zero-order chi connectivity index (χ0) is 16.0. The van der Waals surface area contributed by atoms with E-state index in [9.17, 15) is 10.1 Å². The molecule has 1 heterocycles. The van der Waals surface area contributed by atoms with E-state index in [1.165, 1.54) is 0 Å². The normalized spacial score (nSPS) is 11.0. The fraction of sp³-hybridized carbons (Fsp3) is 0.467. The molecule has 1 rings (SSSR count). The number of rotatable bonds is 10. The zero-order valence-corrected chi connectivity index (χ0v) is 13.2. The van der Waals surface area contributed by atoms with E-state index in [0.29, 0.717) is 25.3 Å². The van der Waals surface area contributed by atoms with Crippen molar-refractivity contribution < 1.29 is 4.92 Å². The number of aromatic nitrogens is 1. The van der Waals surface area contributed by atoms with Gasteiger partial charge in [0, 0.05) is 42.1 Å². The second kappa shape index (κ2) is 11.6. The van der Waals surface area contributed by atoms with Crippen molar-refractivity contribution in [2.75, 3.05) is 25.4 Å². The van der Waals surface area contributed by atoms with Crippen molar-refractivity contribution in [3.05, 3.63) is 40.2 Å².